The highest BCUT2D eigenvalue weighted by atomic mass is 16.1. The van der Waals surface area contributed by atoms with Gasteiger partial charge >= 0.3 is 0 Å². The highest BCUT2D eigenvalue weighted by Crippen LogP contribution is 1.83. The molecule has 1 amide bonds. The number of aromatic amines is 1. The van der Waals surface area contributed by atoms with E-state index < -0.39 is 5.91 Å². The lowest BCUT2D eigenvalue weighted by Gasteiger charge is -1.93. The maximum Gasteiger partial charge on any atom is 0.250 e. The van der Waals surface area contributed by atoms with Gasteiger partial charge in [-0.2, -0.15) is 0 Å². The predicted molar refractivity (Wildman–Crippen MR) is 37.8 cm³/mol. The lowest BCUT2D eigenvalue weighted by molar-refractivity contribution is -0.117. The van der Waals surface area contributed by atoms with Crippen LogP contribution in [0.4, 0.5) is 0 Å². The fraction of sp³-hybridized carbons (Fsp3) is 0.167. The minimum Gasteiger partial charge on any atom is -0.369 e. The largest absolute Gasteiger partial charge is 0.369 e. The number of hydrogen-bond acceptors (Lipinski definition) is 3. The summed E-state index contributed by atoms with van der Waals surface area (Å²) in [5.74, 6) is -0.218. The molecule has 5 nitrogen and oxygen atoms in total. The molecule has 3 N–H and O–H groups in total. The Hall–Kier alpha value is -1.65. The van der Waals surface area contributed by atoms with Crippen molar-refractivity contribution in [1.29, 1.82) is 0 Å². The summed E-state index contributed by atoms with van der Waals surface area (Å²) in [6.45, 7) is 0. The molecule has 0 atom stereocenters. The molecule has 0 aliphatic carbocycles. The second-order valence-electron chi connectivity index (χ2n) is 2.02. The van der Waals surface area contributed by atoms with Crippen molar-refractivity contribution in [2.24, 2.45) is 5.73 Å². The van der Waals surface area contributed by atoms with Gasteiger partial charge in [0.05, 0.1) is 6.42 Å². The van der Waals surface area contributed by atoms with Crippen LogP contribution >= 0.6 is 0 Å². The van der Waals surface area contributed by atoms with Gasteiger partial charge in [0.2, 0.25) is 5.91 Å². The minimum atomic E-state index is -0.514. The van der Waals surface area contributed by atoms with Gasteiger partial charge in [-0.15, -0.1) is 0 Å². The van der Waals surface area contributed by atoms with Gasteiger partial charge in [0.15, 0.2) is 0 Å². The van der Waals surface area contributed by atoms with Crippen molar-refractivity contribution in [2.45, 2.75) is 6.42 Å². The molecule has 1 rings (SSSR count). The van der Waals surface area contributed by atoms with Gasteiger partial charge in [0, 0.05) is 12.3 Å². The molecule has 0 spiro atoms. The zero-order chi connectivity index (χ0) is 8.27. The van der Waals surface area contributed by atoms with E-state index in [2.05, 4.69) is 9.97 Å². The van der Waals surface area contributed by atoms with E-state index in [0.717, 1.165) is 0 Å². The third-order valence-electron chi connectivity index (χ3n) is 1.07. The van der Waals surface area contributed by atoms with Gasteiger partial charge in [0.25, 0.3) is 5.56 Å². The van der Waals surface area contributed by atoms with E-state index in [1.165, 1.54) is 12.3 Å². The zero-order valence-electron chi connectivity index (χ0n) is 5.70. The summed E-state index contributed by atoms with van der Waals surface area (Å²) in [5, 5.41) is 0. The van der Waals surface area contributed by atoms with Crippen molar-refractivity contribution in [2.75, 3.05) is 0 Å². The Kier molecular flexibility index (Phi) is 2.00. The fourth-order valence-electron chi connectivity index (χ4n) is 0.666. The molecule has 0 fully saturated rings. The molecule has 0 saturated heterocycles. The Labute approximate surface area is 62.3 Å². The van der Waals surface area contributed by atoms with Crippen molar-refractivity contribution in [3.8, 4) is 0 Å². The van der Waals surface area contributed by atoms with Crippen molar-refractivity contribution in [3.05, 3.63) is 28.4 Å². The molecule has 0 aliphatic heterocycles. The van der Waals surface area contributed by atoms with E-state index in [-0.39, 0.29) is 12.0 Å². The van der Waals surface area contributed by atoms with Crippen LogP contribution in [0, 0.1) is 0 Å². The van der Waals surface area contributed by atoms with Crippen molar-refractivity contribution in [1.82, 2.24) is 9.97 Å². The van der Waals surface area contributed by atoms with Crippen LogP contribution < -0.4 is 11.3 Å². The number of nitrogens with two attached hydrogens (primary N) is 1. The Morgan fingerprint density at radius 1 is 1.73 bits per heavy atom. The number of nitrogens with one attached hydrogen (secondary N) is 1. The highest BCUT2D eigenvalue weighted by Gasteiger charge is 1.98. The monoisotopic (exact) mass is 153 g/mol. The van der Waals surface area contributed by atoms with Crippen molar-refractivity contribution < 1.29 is 4.79 Å². The molecule has 1 aromatic heterocycles. The number of aromatic nitrogens is 2. The van der Waals surface area contributed by atoms with Crippen LogP contribution in [0.5, 0.6) is 0 Å². The first-order valence-electron chi connectivity index (χ1n) is 3.01. The number of amides is 1. The molecule has 0 aromatic carbocycles. The summed E-state index contributed by atoms with van der Waals surface area (Å²) in [6, 6.07) is 1.27. The summed E-state index contributed by atoms with van der Waals surface area (Å²) in [7, 11) is 0. The first-order chi connectivity index (χ1) is 5.18. The lowest BCUT2D eigenvalue weighted by atomic mass is 10.4. The van der Waals surface area contributed by atoms with E-state index >= 15 is 0 Å². The third-order valence-corrected chi connectivity index (χ3v) is 1.07. The van der Waals surface area contributed by atoms with Crippen LogP contribution in [0.3, 0.4) is 0 Å². The molecule has 0 bridgehead atoms. The van der Waals surface area contributed by atoms with Gasteiger partial charge in [-0.3, -0.25) is 9.59 Å². The number of hydrogen-bond donors (Lipinski definition) is 2. The maximum atomic E-state index is 10.6. The van der Waals surface area contributed by atoms with Crippen LogP contribution in [0.2, 0.25) is 0 Å². The molecule has 0 saturated carbocycles. The van der Waals surface area contributed by atoms with E-state index in [9.17, 15) is 9.59 Å². The highest BCUT2D eigenvalue weighted by molar-refractivity contribution is 5.75. The summed E-state index contributed by atoms with van der Waals surface area (Å²) in [4.78, 5) is 27.1. The van der Waals surface area contributed by atoms with Gasteiger partial charge in [-0.1, -0.05) is 0 Å². The van der Waals surface area contributed by atoms with E-state index in [1.807, 2.05) is 0 Å². The molecule has 0 aliphatic rings. The average molecular weight is 153 g/mol. The Balaban J connectivity index is 2.88. The smallest absolute Gasteiger partial charge is 0.250 e. The second kappa shape index (κ2) is 2.96. The number of primary amides is 1. The summed E-state index contributed by atoms with van der Waals surface area (Å²) in [6.07, 6.45) is 1.30. The normalized spacial score (nSPS) is 9.45. The van der Waals surface area contributed by atoms with Crippen LogP contribution in [0.25, 0.3) is 0 Å². The average Bonchev–Trinajstić information content (AvgIpc) is 1.85. The quantitative estimate of drug-likeness (QED) is 0.559. The first kappa shape index (κ1) is 7.46. The maximum absolute atomic E-state index is 10.6. The van der Waals surface area contributed by atoms with Crippen LogP contribution in [0.1, 0.15) is 5.82 Å². The number of H-pyrrole nitrogens is 1. The number of nitrogens with zero attached hydrogens (tertiary/aromatic N) is 1. The van der Waals surface area contributed by atoms with Crippen molar-refractivity contribution >= 4 is 5.91 Å². The zero-order valence-corrected chi connectivity index (χ0v) is 5.70. The molecule has 58 valence electrons. The Morgan fingerprint density at radius 3 is 3.00 bits per heavy atom. The SMILES string of the molecule is NC(=O)Cc1nccc(=O)[nH]1. The molecule has 1 aromatic rings. The molecule has 5 heteroatoms. The molecular formula is C6H7N3O2. The standard InChI is InChI=1S/C6H7N3O2/c7-4(10)3-5-8-2-1-6(11)9-5/h1-2H,3H2,(H2,7,10)(H,8,9,11). The van der Waals surface area contributed by atoms with E-state index in [1.54, 1.807) is 0 Å². The molecule has 11 heavy (non-hydrogen) atoms. The summed E-state index contributed by atoms with van der Waals surface area (Å²) in [5.41, 5.74) is 4.59. The topological polar surface area (TPSA) is 88.8 Å². The number of carbonyl (C=O) groups excluding carboxylic acids is 1. The van der Waals surface area contributed by atoms with Gasteiger partial charge in [-0.25, -0.2) is 4.98 Å². The molecule has 0 radical (unpaired) electrons. The second-order valence-corrected chi connectivity index (χ2v) is 2.02. The van der Waals surface area contributed by atoms with Crippen molar-refractivity contribution in [3.63, 3.8) is 0 Å². The lowest BCUT2D eigenvalue weighted by Crippen LogP contribution is -2.18. The molecular weight excluding hydrogens is 146 g/mol. The Morgan fingerprint density at radius 2 is 2.45 bits per heavy atom. The van der Waals surface area contributed by atoms with Gasteiger partial charge < -0.3 is 10.7 Å². The molecule has 1 heterocycles. The summed E-state index contributed by atoms with van der Waals surface area (Å²) < 4.78 is 0. The minimum absolute atomic E-state index is 0.0317. The summed E-state index contributed by atoms with van der Waals surface area (Å²) >= 11 is 0. The number of rotatable bonds is 2. The van der Waals surface area contributed by atoms with E-state index in [4.69, 9.17) is 5.73 Å². The van der Waals surface area contributed by atoms with Crippen LogP contribution in [0.15, 0.2) is 17.1 Å². The van der Waals surface area contributed by atoms with Gasteiger partial charge in [-0.05, 0) is 0 Å². The van der Waals surface area contributed by atoms with E-state index in [0.29, 0.717) is 5.82 Å². The van der Waals surface area contributed by atoms with Crippen LogP contribution in [-0.2, 0) is 11.2 Å². The van der Waals surface area contributed by atoms with Gasteiger partial charge in [0.1, 0.15) is 5.82 Å². The first-order valence-corrected chi connectivity index (χ1v) is 3.01. The number of carbonyl (C=O) groups is 1. The molecule has 0 unspecified atom stereocenters. The third kappa shape index (κ3) is 2.21. The van der Waals surface area contributed by atoms with Crippen LogP contribution in [-0.4, -0.2) is 15.9 Å². The predicted octanol–water partition coefficient (Wildman–Crippen LogP) is -1.20. The Bertz CT molecular complexity index is 318. The fourth-order valence-corrected chi connectivity index (χ4v) is 0.666.